The van der Waals surface area contributed by atoms with Crippen LogP contribution >= 0.6 is 0 Å². The SMILES string of the molecule is CC1NNCC1CNCc1cc(F)ccc1F. The van der Waals surface area contributed by atoms with Crippen LogP contribution in [0.3, 0.4) is 0 Å². The Morgan fingerprint density at radius 1 is 1.41 bits per heavy atom. The highest BCUT2D eigenvalue weighted by atomic mass is 19.1. The molecule has 2 atom stereocenters. The van der Waals surface area contributed by atoms with E-state index in [0.29, 0.717) is 24.1 Å². The number of hydrogen-bond acceptors (Lipinski definition) is 3. The first-order valence-corrected chi connectivity index (χ1v) is 5.80. The van der Waals surface area contributed by atoms with Crippen LogP contribution in [0.15, 0.2) is 18.2 Å². The van der Waals surface area contributed by atoms with Gasteiger partial charge in [-0.1, -0.05) is 0 Å². The Balaban J connectivity index is 1.83. The summed E-state index contributed by atoms with van der Waals surface area (Å²) >= 11 is 0. The normalized spacial score (nSPS) is 24.2. The molecule has 0 aromatic heterocycles. The van der Waals surface area contributed by atoms with Crippen molar-refractivity contribution in [3.8, 4) is 0 Å². The van der Waals surface area contributed by atoms with Crippen molar-refractivity contribution >= 4 is 0 Å². The molecule has 3 N–H and O–H groups in total. The standard InChI is InChI=1S/C12H17F2N3/c1-8-10(7-16-17-8)6-15-5-9-4-11(13)2-3-12(9)14/h2-4,8,10,15-17H,5-7H2,1H3. The predicted molar refractivity (Wildman–Crippen MR) is 62.2 cm³/mol. The van der Waals surface area contributed by atoms with Gasteiger partial charge < -0.3 is 5.32 Å². The van der Waals surface area contributed by atoms with Crippen LogP contribution in [0.25, 0.3) is 0 Å². The lowest BCUT2D eigenvalue weighted by atomic mass is 10.0. The van der Waals surface area contributed by atoms with Crippen molar-refractivity contribution in [2.24, 2.45) is 5.92 Å². The van der Waals surface area contributed by atoms with E-state index in [1.54, 1.807) is 0 Å². The van der Waals surface area contributed by atoms with E-state index in [9.17, 15) is 8.78 Å². The summed E-state index contributed by atoms with van der Waals surface area (Å²) in [5.74, 6) is -0.304. The smallest absolute Gasteiger partial charge is 0.127 e. The van der Waals surface area contributed by atoms with Crippen LogP contribution in [0, 0.1) is 17.6 Å². The summed E-state index contributed by atoms with van der Waals surface area (Å²) in [5.41, 5.74) is 6.55. The number of hydrogen-bond donors (Lipinski definition) is 3. The van der Waals surface area contributed by atoms with E-state index < -0.39 is 5.82 Å². The lowest BCUT2D eigenvalue weighted by Crippen LogP contribution is -2.32. The summed E-state index contributed by atoms with van der Waals surface area (Å²) in [5, 5.41) is 3.16. The Morgan fingerprint density at radius 3 is 2.94 bits per heavy atom. The Bertz CT molecular complexity index is 384. The second kappa shape index (κ2) is 5.53. The molecule has 1 aromatic rings. The maximum atomic E-state index is 13.3. The van der Waals surface area contributed by atoms with E-state index in [0.717, 1.165) is 25.2 Å². The molecule has 0 amide bonds. The molecule has 0 saturated carbocycles. The lowest BCUT2D eigenvalue weighted by molar-refractivity contribution is 0.450. The van der Waals surface area contributed by atoms with Crippen LogP contribution in [0.2, 0.25) is 0 Å². The molecular weight excluding hydrogens is 224 g/mol. The molecule has 1 saturated heterocycles. The highest BCUT2D eigenvalue weighted by Crippen LogP contribution is 2.10. The van der Waals surface area contributed by atoms with Gasteiger partial charge in [0, 0.05) is 37.2 Å². The average molecular weight is 241 g/mol. The van der Waals surface area contributed by atoms with Crippen LogP contribution in [-0.4, -0.2) is 19.1 Å². The number of halogens is 2. The quantitative estimate of drug-likeness (QED) is 0.740. The largest absolute Gasteiger partial charge is 0.312 e. The van der Waals surface area contributed by atoms with Gasteiger partial charge >= 0.3 is 0 Å². The molecule has 0 radical (unpaired) electrons. The molecule has 2 unspecified atom stereocenters. The van der Waals surface area contributed by atoms with Crippen LogP contribution in [0.5, 0.6) is 0 Å². The molecule has 0 aliphatic carbocycles. The van der Waals surface area contributed by atoms with Crippen molar-refractivity contribution in [3.05, 3.63) is 35.4 Å². The van der Waals surface area contributed by atoms with Crippen molar-refractivity contribution in [1.82, 2.24) is 16.2 Å². The molecule has 1 aliphatic rings. The van der Waals surface area contributed by atoms with E-state index in [-0.39, 0.29) is 5.82 Å². The van der Waals surface area contributed by atoms with Gasteiger partial charge in [0.1, 0.15) is 11.6 Å². The fourth-order valence-electron chi connectivity index (χ4n) is 1.97. The Kier molecular flexibility index (Phi) is 4.04. The van der Waals surface area contributed by atoms with Crippen LogP contribution in [0.1, 0.15) is 12.5 Å². The van der Waals surface area contributed by atoms with E-state index in [1.165, 1.54) is 6.07 Å². The monoisotopic (exact) mass is 241 g/mol. The second-order valence-corrected chi connectivity index (χ2v) is 4.44. The van der Waals surface area contributed by atoms with Gasteiger partial charge in [-0.05, 0) is 25.1 Å². The first kappa shape index (κ1) is 12.4. The third-order valence-electron chi connectivity index (χ3n) is 3.13. The minimum atomic E-state index is -0.402. The molecular formula is C12H17F2N3. The molecule has 2 rings (SSSR count). The summed E-state index contributed by atoms with van der Waals surface area (Å²) in [6.07, 6.45) is 0. The van der Waals surface area contributed by atoms with Gasteiger partial charge in [0.15, 0.2) is 0 Å². The number of benzene rings is 1. The predicted octanol–water partition coefficient (Wildman–Crippen LogP) is 1.17. The van der Waals surface area contributed by atoms with E-state index in [1.807, 2.05) is 0 Å². The molecule has 0 bridgehead atoms. The molecule has 1 aliphatic heterocycles. The van der Waals surface area contributed by atoms with Gasteiger partial charge in [-0.3, -0.25) is 10.9 Å². The maximum absolute atomic E-state index is 13.3. The van der Waals surface area contributed by atoms with Crippen molar-refractivity contribution in [2.75, 3.05) is 13.1 Å². The molecule has 3 nitrogen and oxygen atoms in total. The molecule has 1 heterocycles. The van der Waals surface area contributed by atoms with Gasteiger partial charge in [-0.2, -0.15) is 0 Å². The van der Waals surface area contributed by atoms with Gasteiger partial charge in [0.2, 0.25) is 0 Å². The van der Waals surface area contributed by atoms with Gasteiger partial charge in [-0.25, -0.2) is 8.78 Å². The zero-order valence-electron chi connectivity index (χ0n) is 9.76. The highest BCUT2D eigenvalue weighted by Gasteiger charge is 2.21. The van der Waals surface area contributed by atoms with Crippen LogP contribution in [0.4, 0.5) is 8.78 Å². The second-order valence-electron chi connectivity index (χ2n) is 4.44. The molecule has 94 valence electrons. The van der Waals surface area contributed by atoms with Crippen molar-refractivity contribution in [1.29, 1.82) is 0 Å². The Labute approximate surface area is 99.6 Å². The number of nitrogens with one attached hydrogen (secondary N) is 3. The zero-order chi connectivity index (χ0) is 12.3. The molecule has 5 heteroatoms. The third-order valence-corrected chi connectivity index (χ3v) is 3.13. The average Bonchev–Trinajstić information content (AvgIpc) is 2.70. The Hall–Kier alpha value is -1.04. The van der Waals surface area contributed by atoms with Crippen molar-refractivity contribution < 1.29 is 8.78 Å². The molecule has 17 heavy (non-hydrogen) atoms. The van der Waals surface area contributed by atoms with E-state index in [4.69, 9.17) is 0 Å². The van der Waals surface area contributed by atoms with E-state index in [2.05, 4.69) is 23.1 Å². The fourth-order valence-corrected chi connectivity index (χ4v) is 1.97. The highest BCUT2D eigenvalue weighted by molar-refractivity contribution is 5.18. The summed E-state index contributed by atoms with van der Waals surface area (Å²) in [6.45, 7) is 4.11. The topological polar surface area (TPSA) is 36.1 Å². The van der Waals surface area contributed by atoms with Gasteiger partial charge in [0.25, 0.3) is 0 Å². The summed E-state index contributed by atoms with van der Waals surface area (Å²) < 4.78 is 26.2. The minimum absolute atomic E-state index is 0.354. The van der Waals surface area contributed by atoms with E-state index >= 15 is 0 Å². The number of hydrazine groups is 1. The van der Waals surface area contributed by atoms with Crippen molar-refractivity contribution in [2.45, 2.75) is 19.5 Å². The third kappa shape index (κ3) is 3.21. The van der Waals surface area contributed by atoms with Gasteiger partial charge in [-0.15, -0.1) is 0 Å². The fraction of sp³-hybridized carbons (Fsp3) is 0.500. The summed E-state index contributed by atoms with van der Waals surface area (Å²) in [6, 6.07) is 3.91. The maximum Gasteiger partial charge on any atom is 0.127 e. The van der Waals surface area contributed by atoms with Gasteiger partial charge in [0.05, 0.1) is 0 Å². The van der Waals surface area contributed by atoms with Crippen LogP contribution in [-0.2, 0) is 6.54 Å². The van der Waals surface area contributed by atoms with Crippen molar-refractivity contribution in [3.63, 3.8) is 0 Å². The van der Waals surface area contributed by atoms with Crippen LogP contribution < -0.4 is 16.2 Å². The summed E-state index contributed by atoms with van der Waals surface area (Å²) in [4.78, 5) is 0. The lowest BCUT2D eigenvalue weighted by Gasteiger charge is -2.14. The zero-order valence-corrected chi connectivity index (χ0v) is 9.76. The molecule has 1 aromatic carbocycles. The first-order chi connectivity index (χ1) is 8.16. The number of rotatable bonds is 4. The first-order valence-electron chi connectivity index (χ1n) is 5.80. The Morgan fingerprint density at radius 2 is 2.24 bits per heavy atom. The molecule has 0 spiro atoms. The molecule has 1 fully saturated rings. The summed E-state index contributed by atoms with van der Waals surface area (Å²) in [7, 11) is 0. The minimum Gasteiger partial charge on any atom is -0.312 e.